The Morgan fingerprint density at radius 3 is 2.71 bits per heavy atom. The lowest BCUT2D eigenvalue weighted by atomic mass is 10.1. The van der Waals surface area contributed by atoms with Crippen molar-refractivity contribution in [1.29, 1.82) is 0 Å². The highest BCUT2D eigenvalue weighted by Gasteiger charge is 2.14. The Hall–Kier alpha value is -1.78. The van der Waals surface area contributed by atoms with Crippen LogP contribution in [0.3, 0.4) is 0 Å². The van der Waals surface area contributed by atoms with E-state index in [0.717, 1.165) is 35.8 Å². The quantitative estimate of drug-likeness (QED) is 0.725. The van der Waals surface area contributed by atoms with Gasteiger partial charge in [0.15, 0.2) is 0 Å². The van der Waals surface area contributed by atoms with Gasteiger partial charge in [0.05, 0.1) is 6.61 Å². The van der Waals surface area contributed by atoms with Crippen LogP contribution in [-0.2, 0) is 4.74 Å². The molecule has 0 spiro atoms. The van der Waals surface area contributed by atoms with Crippen LogP contribution in [0.2, 0.25) is 5.02 Å². The highest BCUT2D eigenvalue weighted by Crippen LogP contribution is 2.33. The van der Waals surface area contributed by atoms with Gasteiger partial charge in [-0.2, -0.15) is 0 Å². The topological polar surface area (TPSA) is 34.6 Å². The molecule has 4 nitrogen and oxygen atoms in total. The van der Waals surface area contributed by atoms with Crippen molar-refractivity contribution in [3.63, 3.8) is 0 Å². The van der Waals surface area contributed by atoms with Gasteiger partial charge in [0.2, 0.25) is 0 Å². The van der Waals surface area contributed by atoms with Crippen LogP contribution >= 0.6 is 11.6 Å². The Balaban J connectivity index is 1.83. The molecule has 24 heavy (non-hydrogen) atoms. The lowest BCUT2D eigenvalue weighted by Gasteiger charge is -2.28. The standard InChI is InChI=1S/C19H23ClN2O2/c1-23-11-12-24-16-5-6-18(20)17(14-16)15-7-8-21-19(13-15)22-9-3-2-4-10-22/h5-8,13-14H,2-4,9-12H2,1H3. The highest BCUT2D eigenvalue weighted by molar-refractivity contribution is 6.33. The molecular formula is C19H23ClN2O2. The third kappa shape index (κ3) is 4.19. The first-order valence-corrected chi connectivity index (χ1v) is 8.78. The molecule has 1 fully saturated rings. The smallest absolute Gasteiger partial charge is 0.129 e. The van der Waals surface area contributed by atoms with Gasteiger partial charge in [0.1, 0.15) is 18.2 Å². The van der Waals surface area contributed by atoms with Crippen LogP contribution in [0, 0.1) is 0 Å². The molecule has 0 aliphatic carbocycles. The van der Waals surface area contributed by atoms with E-state index >= 15 is 0 Å². The summed E-state index contributed by atoms with van der Waals surface area (Å²) in [6.07, 6.45) is 5.63. The zero-order valence-corrected chi connectivity index (χ0v) is 14.8. The summed E-state index contributed by atoms with van der Waals surface area (Å²) in [4.78, 5) is 6.88. The van der Waals surface area contributed by atoms with Gasteiger partial charge in [-0.3, -0.25) is 0 Å². The van der Waals surface area contributed by atoms with E-state index in [1.807, 2.05) is 30.5 Å². The average molecular weight is 347 g/mol. The van der Waals surface area contributed by atoms with Gasteiger partial charge in [-0.15, -0.1) is 0 Å². The molecule has 1 aromatic carbocycles. The number of hydrogen-bond acceptors (Lipinski definition) is 4. The molecular weight excluding hydrogens is 324 g/mol. The molecule has 0 saturated carbocycles. The minimum atomic E-state index is 0.521. The first-order valence-electron chi connectivity index (χ1n) is 8.40. The summed E-state index contributed by atoms with van der Waals surface area (Å²) in [6, 6.07) is 9.85. The maximum Gasteiger partial charge on any atom is 0.129 e. The Bertz CT molecular complexity index is 672. The fourth-order valence-corrected chi connectivity index (χ4v) is 3.17. The number of aromatic nitrogens is 1. The van der Waals surface area contributed by atoms with Gasteiger partial charge in [-0.1, -0.05) is 11.6 Å². The van der Waals surface area contributed by atoms with Crippen molar-refractivity contribution in [2.24, 2.45) is 0 Å². The van der Waals surface area contributed by atoms with Crippen LogP contribution in [0.15, 0.2) is 36.5 Å². The molecule has 1 aliphatic heterocycles. The van der Waals surface area contributed by atoms with E-state index in [2.05, 4.69) is 16.0 Å². The van der Waals surface area contributed by atoms with Crippen LogP contribution in [0.5, 0.6) is 5.75 Å². The Kier molecular flexibility index (Phi) is 5.94. The fourth-order valence-electron chi connectivity index (χ4n) is 2.94. The van der Waals surface area contributed by atoms with Crippen molar-refractivity contribution >= 4 is 17.4 Å². The second kappa shape index (κ2) is 8.36. The van der Waals surface area contributed by atoms with E-state index in [0.29, 0.717) is 18.2 Å². The fraction of sp³-hybridized carbons (Fsp3) is 0.421. The van der Waals surface area contributed by atoms with Gasteiger partial charge in [0, 0.05) is 37.0 Å². The summed E-state index contributed by atoms with van der Waals surface area (Å²) in [7, 11) is 1.66. The Morgan fingerprint density at radius 2 is 1.92 bits per heavy atom. The van der Waals surface area contributed by atoms with Gasteiger partial charge >= 0.3 is 0 Å². The third-order valence-corrected chi connectivity index (χ3v) is 4.56. The first-order chi connectivity index (χ1) is 11.8. The van der Waals surface area contributed by atoms with E-state index in [-0.39, 0.29) is 0 Å². The van der Waals surface area contributed by atoms with E-state index in [4.69, 9.17) is 21.1 Å². The zero-order valence-electron chi connectivity index (χ0n) is 14.0. The number of ether oxygens (including phenoxy) is 2. The number of hydrogen-bond donors (Lipinski definition) is 0. The molecule has 0 N–H and O–H groups in total. The summed E-state index contributed by atoms with van der Waals surface area (Å²) in [5.41, 5.74) is 2.03. The second-order valence-electron chi connectivity index (χ2n) is 5.93. The zero-order chi connectivity index (χ0) is 16.8. The number of rotatable bonds is 6. The molecule has 128 valence electrons. The minimum Gasteiger partial charge on any atom is -0.491 e. The minimum absolute atomic E-state index is 0.521. The van der Waals surface area contributed by atoms with Crippen LogP contribution in [0.1, 0.15) is 19.3 Å². The number of halogens is 1. The molecule has 5 heteroatoms. The molecule has 1 saturated heterocycles. The molecule has 0 amide bonds. The van der Waals surface area contributed by atoms with Crippen LogP contribution < -0.4 is 9.64 Å². The van der Waals surface area contributed by atoms with E-state index in [1.165, 1.54) is 19.3 Å². The summed E-state index contributed by atoms with van der Waals surface area (Å²) in [5, 5.41) is 0.713. The first kappa shape index (κ1) is 17.1. The molecule has 3 rings (SSSR count). The van der Waals surface area contributed by atoms with Crippen molar-refractivity contribution < 1.29 is 9.47 Å². The van der Waals surface area contributed by atoms with Crippen LogP contribution in [0.4, 0.5) is 5.82 Å². The monoisotopic (exact) mass is 346 g/mol. The second-order valence-corrected chi connectivity index (χ2v) is 6.34. The largest absolute Gasteiger partial charge is 0.491 e. The molecule has 0 radical (unpaired) electrons. The average Bonchev–Trinajstić information content (AvgIpc) is 2.64. The number of methoxy groups -OCH3 is 1. The molecule has 1 aromatic heterocycles. The van der Waals surface area contributed by atoms with E-state index < -0.39 is 0 Å². The van der Waals surface area contributed by atoms with Crippen LogP contribution in [0.25, 0.3) is 11.1 Å². The van der Waals surface area contributed by atoms with Crippen molar-refractivity contribution in [2.45, 2.75) is 19.3 Å². The maximum atomic E-state index is 6.42. The molecule has 0 unspecified atom stereocenters. The summed E-state index contributed by atoms with van der Waals surface area (Å²) >= 11 is 6.42. The SMILES string of the molecule is COCCOc1ccc(Cl)c(-c2ccnc(N3CCCCC3)c2)c1. The van der Waals surface area contributed by atoms with Crippen molar-refractivity contribution in [1.82, 2.24) is 4.98 Å². The van der Waals surface area contributed by atoms with Gasteiger partial charge in [-0.05, 0) is 55.2 Å². The number of anilines is 1. The predicted octanol–water partition coefficient (Wildman–Crippen LogP) is 4.42. The third-order valence-electron chi connectivity index (χ3n) is 4.23. The summed E-state index contributed by atoms with van der Waals surface area (Å²) < 4.78 is 10.7. The maximum absolute atomic E-state index is 6.42. The lowest BCUT2D eigenvalue weighted by molar-refractivity contribution is 0.146. The Labute approximate surface area is 148 Å². The summed E-state index contributed by atoms with van der Waals surface area (Å²) in [6.45, 7) is 3.23. The van der Waals surface area contributed by atoms with Crippen LogP contribution in [-0.4, -0.2) is 38.4 Å². The van der Waals surface area contributed by atoms with Crippen molar-refractivity contribution in [3.8, 4) is 16.9 Å². The predicted molar refractivity (Wildman–Crippen MR) is 98.1 cm³/mol. The van der Waals surface area contributed by atoms with Gasteiger partial charge in [-0.25, -0.2) is 4.98 Å². The van der Waals surface area contributed by atoms with Crippen molar-refractivity contribution in [3.05, 3.63) is 41.6 Å². The molecule has 1 aliphatic rings. The molecule has 2 heterocycles. The van der Waals surface area contributed by atoms with Gasteiger partial charge < -0.3 is 14.4 Å². The molecule has 0 atom stereocenters. The normalized spacial score (nSPS) is 14.7. The number of pyridine rings is 1. The lowest BCUT2D eigenvalue weighted by Crippen LogP contribution is -2.30. The molecule has 2 aromatic rings. The number of piperidine rings is 1. The number of nitrogens with zero attached hydrogens (tertiary/aromatic N) is 2. The van der Waals surface area contributed by atoms with E-state index in [9.17, 15) is 0 Å². The summed E-state index contributed by atoms with van der Waals surface area (Å²) in [5.74, 6) is 1.82. The van der Waals surface area contributed by atoms with Gasteiger partial charge in [0.25, 0.3) is 0 Å². The Morgan fingerprint density at radius 1 is 1.08 bits per heavy atom. The number of benzene rings is 1. The molecule has 0 bridgehead atoms. The van der Waals surface area contributed by atoms with E-state index in [1.54, 1.807) is 7.11 Å². The van der Waals surface area contributed by atoms with Crippen molar-refractivity contribution in [2.75, 3.05) is 38.3 Å². The highest BCUT2D eigenvalue weighted by atomic mass is 35.5.